The highest BCUT2D eigenvalue weighted by Gasteiger charge is 2.14. The third kappa shape index (κ3) is 1.85. The highest BCUT2D eigenvalue weighted by Crippen LogP contribution is 2.23. The molecule has 2 aromatic rings. The molecule has 0 radical (unpaired) electrons. The van der Waals surface area contributed by atoms with Gasteiger partial charge in [0, 0.05) is 0 Å². The van der Waals surface area contributed by atoms with E-state index < -0.39 is 0 Å². The van der Waals surface area contributed by atoms with Crippen LogP contribution in [0.1, 0.15) is 32.2 Å². The average molecular weight is 216 g/mol. The molecule has 0 unspecified atom stereocenters. The van der Waals surface area contributed by atoms with Crippen molar-refractivity contribution < 1.29 is 0 Å². The summed E-state index contributed by atoms with van der Waals surface area (Å²) in [7, 11) is 0. The molecule has 0 saturated carbocycles. The van der Waals surface area contributed by atoms with E-state index >= 15 is 0 Å². The second-order valence-corrected chi connectivity index (χ2v) is 5.13. The first kappa shape index (κ1) is 10.9. The summed E-state index contributed by atoms with van der Waals surface area (Å²) >= 11 is 0. The van der Waals surface area contributed by atoms with Crippen molar-refractivity contribution in [1.82, 2.24) is 9.97 Å². The number of aromatic amines is 1. The average Bonchev–Trinajstić information content (AvgIpc) is 2.15. The van der Waals surface area contributed by atoms with E-state index in [0.29, 0.717) is 11.2 Å². The number of aromatic nitrogens is 2. The molecule has 2 rings (SSSR count). The molecule has 0 aliphatic carbocycles. The second-order valence-electron chi connectivity index (χ2n) is 5.13. The molecule has 0 aliphatic heterocycles. The molecule has 3 heteroatoms. The molecule has 1 aromatic carbocycles. The summed E-state index contributed by atoms with van der Waals surface area (Å²) in [5.74, 6) is 0.654. The zero-order chi connectivity index (χ0) is 11.9. The Balaban J connectivity index is 2.77. The smallest absolute Gasteiger partial charge is 0.258 e. The van der Waals surface area contributed by atoms with Crippen LogP contribution in [0.25, 0.3) is 10.9 Å². The SMILES string of the molecule is Cc1nc2ccc(C(C)(C)C)cc2c(=O)[nH]1. The van der Waals surface area contributed by atoms with Crippen molar-refractivity contribution in [3.63, 3.8) is 0 Å². The first-order valence-corrected chi connectivity index (χ1v) is 5.39. The first-order valence-electron chi connectivity index (χ1n) is 5.39. The molecule has 0 bridgehead atoms. The molecule has 0 saturated heterocycles. The van der Waals surface area contributed by atoms with Gasteiger partial charge in [-0.25, -0.2) is 4.98 Å². The van der Waals surface area contributed by atoms with Gasteiger partial charge in [0.2, 0.25) is 0 Å². The lowest BCUT2D eigenvalue weighted by molar-refractivity contribution is 0.591. The van der Waals surface area contributed by atoms with Crippen LogP contribution in [0.3, 0.4) is 0 Å². The maximum Gasteiger partial charge on any atom is 0.258 e. The number of H-pyrrole nitrogens is 1. The lowest BCUT2D eigenvalue weighted by Crippen LogP contribution is -2.14. The molecule has 3 nitrogen and oxygen atoms in total. The lowest BCUT2D eigenvalue weighted by atomic mass is 9.86. The van der Waals surface area contributed by atoms with Crippen LogP contribution >= 0.6 is 0 Å². The number of benzene rings is 1. The van der Waals surface area contributed by atoms with Crippen molar-refractivity contribution in [1.29, 1.82) is 0 Å². The molecular formula is C13H16N2O. The third-order valence-corrected chi connectivity index (χ3v) is 2.69. The van der Waals surface area contributed by atoms with Gasteiger partial charge in [-0.2, -0.15) is 0 Å². The van der Waals surface area contributed by atoms with Gasteiger partial charge in [0.25, 0.3) is 5.56 Å². The normalized spacial score (nSPS) is 12.0. The monoisotopic (exact) mass is 216 g/mol. The second kappa shape index (κ2) is 3.44. The Morgan fingerprint density at radius 3 is 2.56 bits per heavy atom. The summed E-state index contributed by atoms with van der Waals surface area (Å²) in [5, 5.41) is 0.665. The minimum absolute atomic E-state index is 0.0471. The van der Waals surface area contributed by atoms with E-state index in [1.54, 1.807) is 6.92 Å². The van der Waals surface area contributed by atoms with Crippen molar-refractivity contribution in [2.45, 2.75) is 33.1 Å². The molecule has 84 valence electrons. The highest BCUT2D eigenvalue weighted by atomic mass is 16.1. The molecule has 0 fully saturated rings. The summed E-state index contributed by atoms with van der Waals surface area (Å²) in [6.45, 7) is 8.18. The van der Waals surface area contributed by atoms with E-state index in [9.17, 15) is 4.79 Å². The van der Waals surface area contributed by atoms with E-state index in [0.717, 1.165) is 11.1 Å². The number of hydrogen-bond donors (Lipinski definition) is 1. The zero-order valence-corrected chi connectivity index (χ0v) is 10.1. The summed E-state index contributed by atoms with van der Waals surface area (Å²) in [4.78, 5) is 18.8. The standard InChI is InChI=1S/C13H16N2O/c1-8-14-11-6-5-9(13(2,3)4)7-10(11)12(16)15-8/h5-7H,1-4H3,(H,14,15,16). The number of rotatable bonds is 0. The van der Waals surface area contributed by atoms with Crippen LogP contribution in [0.4, 0.5) is 0 Å². The Morgan fingerprint density at radius 2 is 1.94 bits per heavy atom. The van der Waals surface area contributed by atoms with Crippen LogP contribution in [-0.4, -0.2) is 9.97 Å². The highest BCUT2D eigenvalue weighted by molar-refractivity contribution is 5.78. The Labute approximate surface area is 94.5 Å². The molecule has 16 heavy (non-hydrogen) atoms. The van der Waals surface area contributed by atoms with Gasteiger partial charge >= 0.3 is 0 Å². The van der Waals surface area contributed by atoms with Gasteiger partial charge in [0.1, 0.15) is 5.82 Å². The fourth-order valence-corrected chi connectivity index (χ4v) is 1.72. The first-order chi connectivity index (χ1) is 7.38. The van der Waals surface area contributed by atoms with Crippen LogP contribution < -0.4 is 5.56 Å². The Bertz CT molecular complexity index is 591. The van der Waals surface area contributed by atoms with E-state index in [2.05, 4.69) is 30.7 Å². The van der Waals surface area contributed by atoms with Gasteiger partial charge < -0.3 is 4.98 Å². The van der Waals surface area contributed by atoms with E-state index in [1.807, 2.05) is 18.2 Å². The number of hydrogen-bond acceptors (Lipinski definition) is 2. The number of nitrogens with one attached hydrogen (secondary N) is 1. The molecule has 0 aliphatic rings. The molecule has 0 amide bonds. The van der Waals surface area contributed by atoms with Crippen LogP contribution in [0, 0.1) is 6.92 Å². The minimum atomic E-state index is -0.0615. The summed E-state index contributed by atoms with van der Waals surface area (Å²) < 4.78 is 0. The van der Waals surface area contributed by atoms with Crippen LogP contribution in [0.15, 0.2) is 23.0 Å². The van der Waals surface area contributed by atoms with Crippen LogP contribution in [0.2, 0.25) is 0 Å². The number of fused-ring (bicyclic) bond motifs is 1. The summed E-state index contributed by atoms with van der Waals surface area (Å²) in [5.41, 5.74) is 1.89. The van der Waals surface area contributed by atoms with Crippen molar-refractivity contribution >= 4 is 10.9 Å². The molecule has 0 spiro atoms. The van der Waals surface area contributed by atoms with Crippen LogP contribution in [0.5, 0.6) is 0 Å². The fourth-order valence-electron chi connectivity index (χ4n) is 1.72. The zero-order valence-electron chi connectivity index (χ0n) is 10.1. The van der Waals surface area contributed by atoms with Gasteiger partial charge in [0.15, 0.2) is 0 Å². The van der Waals surface area contributed by atoms with Gasteiger partial charge in [0.05, 0.1) is 10.9 Å². The fraction of sp³-hybridized carbons (Fsp3) is 0.385. The lowest BCUT2D eigenvalue weighted by Gasteiger charge is -2.19. The quantitative estimate of drug-likeness (QED) is 0.735. The molecule has 0 atom stereocenters. The number of aryl methyl sites for hydroxylation is 1. The maximum absolute atomic E-state index is 11.8. The number of nitrogens with zero attached hydrogens (tertiary/aromatic N) is 1. The van der Waals surface area contributed by atoms with Crippen molar-refractivity contribution in [3.05, 3.63) is 39.9 Å². The van der Waals surface area contributed by atoms with E-state index in [-0.39, 0.29) is 11.0 Å². The van der Waals surface area contributed by atoms with E-state index in [4.69, 9.17) is 0 Å². The minimum Gasteiger partial charge on any atom is -0.310 e. The van der Waals surface area contributed by atoms with Crippen molar-refractivity contribution in [2.75, 3.05) is 0 Å². The van der Waals surface area contributed by atoms with Crippen molar-refractivity contribution in [3.8, 4) is 0 Å². The maximum atomic E-state index is 11.8. The topological polar surface area (TPSA) is 45.8 Å². The van der Waals surface area contributed by atoms with Crippen LogP contribution in [-0.2, 0) is 5.41 Å². The van der Waals surface area contributed by atoms with Gasteiger partial charge in [-0.3, -0.25) is 4.79 Å². The summed E-state index contributed by atoms with van der Waals surface area (Å²) in [6, 6.07) is 5.88. The van der Waals surface area contributed by atoms with E-state index in [1.165, 1.54) is 0 Å². The van der Waals surface area contributed by atoms with Gasteiger partial charge in [-0.05, 0) is 30.0 Å². The largest absolute Gasteiger partial charge is 0.310 e. The molecule has 1 N–H and O–H groups in total. The molecule has 1 aromatic heterocycles. The Kier molecular flexibility index (Phi) is 2.34. The summed E-state index contributed by atoms with van der Waals surface area (Å²) in [6.07, 6.45) is 0. The predicted octanol–water partition coefficient (Wildman–Crippen LogP) is 2.53. The Morgan fingerprint density at radius 1 is 1.25 bits per heavy atom. The van der Waals surface area contributed by atoms with Gasteiger partial charge in [-0.1, -0.05) is 26.8 Å². The van der Waals surface area contributed by atoms with Crippen molar-refractivity contribution in [2.24, 2.45) is 0 Å². The predicted molar refractivity (Wildman–Crippen MR) is 65.8 cm³/mol. The Hall–Kier alpha value is -1.64. The molecule has 1 heterocycles. The van der Waals surface area contributed by atoms with Gasteiger partial charge in [-0.15, -0.1) is 0 Å². The molecular weight excluding hydrogens is 200 g/mol. The third-order valence-electron chi connectivity index (χ3n) is 2.69.